The fraction of sp³-hybridized carbons (Fsp3) is 0. The number of H-pyrrole nitrogens is 1. The maximum atomic E-state index is 3.96. The van der Waals surface area contributed by atoms with E-state index in [2.05, 4.69) is 38.0 Å². The van der Waals surface area contributed by atoms with Crippen LogP contribution in [0.25, 0.3) is 11.2 Å². The molecule has 0 spiro atoms. The van der Waals surface area contributed by atoms with Gasteiger partial charge in [-0.05, 0) is 6.72 Å². The molecule has 1 radical (unpaired) electrons. The Morgan fingerprint density at radius 3 is 3.27 bits per heavy atom. The highest BCUT2D eigenvalue weighted by molar-refractivity contribution is 5.80. The summed E-state index contributed by atoms with van der Waals surface area (Å²) in [5.74, 6) is 0.455. The second kappa shape index (κ2) is 2.12. The molecule has 0 atom stereocenters. The number of aliphatic imine (C=N–C) groups is 1. The molecule has 5 heteroatoms. The van der Waals surface area contributed by atoms with E-state index in [0.29, 0.717) is 17.0 Å². The van der Waals surface area contributed by atoms with Gasteiger partial charge < -0.3 is 4.98 Å². The zero-order valence-corrected chi connectivity index (χ0v) is 5.57. The van der Waals surface area contributed by atoms with Crippen LogP contribution in [0.3, 0.4) is 0 Å². The SMILES string of the molecule is C=Nc1n[c]nc2[nH]cnc12. The average Bonchev–Trinajstić information content (AvgIpc) is 2.50. The molecule has 5 nitrogen and oxygen atoms in total. The summed E-state index contributed by atoms with van der Waals surface area (Å²) in [6.45, 7) is 3.35. The Hall–Kier alpha value is -1.78. The highest BCUT2D eigenvalue weighted by Gasteiger charge is 2.02. The van der Waals surface area contributed by atoms with Crippen LogP contribution in [0.2, 0.25) is 0 Å². The smallest absolute Gasteiger partial charge is 0.202 e. The number of aromatic amines is 1. The summed E-state index contributed by atoms with van der Waals surface area (Å²) in [5.41, 5.74) is 1.25. The van der Waals surface area contributed by atoms with Gasteiger partial charge in [0.1, 0.15) is 0 Å². The minimum atomic E-state index is 0.455. The van der Waals surface area contributed by atoms with Crippen LogP contribution in [0.1, 0.15) is 0 Å². The first-order valence-electron chi connectivity index (χ1n) is 2.95. The van der Waals surface area contributed by atoms with Crippen LogP contribution >= 0.6 is 0 Å². The lowest BCUT2D eigenvalue weighted by atomic mass is 10.5. The van der Waals surface area contributed by atoms with Crippen LogP contribution in [0.5, 0.6) is 0 Å². The van der Waals surface area contributed by atoms with Gasteiger partial charge >= 0.3 is 0 Å². The molecule has 1 N–H and O–H groups in total. The Kier molecular flexibility index (Phi) is 1.15. The number of hydrogen-bond donors (Lipinski definition) is 1. The van der Waals surface area contributed by atoms with Crippen molar-refractivity contribution in [2.75, 3.05) is 0 Å². The van der Waals surface area contributed by atoms with E-state index in [0.717, 1.165) is 0 Å². The molecular formula is C6H4N5. The summed E-state index contributed by atoms with van der Waals surface area (Å²) in [6.07, 6.45) is 3.97. The molecule has 11 heavy (non-hydrogen) atoms. The molecule has 2 rings (SSSR count). The molecule has 2 aromatic heterocycles. The van der Waals surface area contributed by atoms with Crippen molar-refractivity contribution in [3.63, 3.8) is 0 Å². The van der Waals surface area contributed by atoms with E-state index in [1.165, 1.54) is 6.33 Å². The predicted octanol–water partition coefficient (Wildman–Crippen LogP) is 0.485. The molecule has 0 bridgehead atoms. The molecule has 0 amide bonds. The molecule has 0 fully saturated rings. The third kappa shape index (κ3) is 0.778. The van der Waals surface area contributed by atoms with Gasteiger partial charge in [-0.1, -0.05) is 0 Å². The van der Waals surface area contributed by atoms with E-state index in [9.17, 15) is 0 Å². The molecule has 0 saturated carbocycles. The maximum Gasteiger partial charge on any atom is 0.202 e. The topological polar surface area (TPSA) is 66.8 Å². The standard InChI is InChI=1S/C6H4N5/c1-7-5-4-6(10-2-8-4)11-3-9-5/h2H,1H2,(H,8,9,10,11). The van der Waals surface area contributed by atoms with E-state index >= 15 is 0 Å². The molecule has 2 aromatic rings. The number of nitrogens with one attached hydrogen (secondary N) is 1. The van der Waals surface area contributed by atoms with Gasteiger partial charge in [0.15, 0.2) is 17.0 Å². The predicted molar refractivity (Wildman–Crippen MR) is 39.7 cm³/mol. The highest BCUT2D eigenvalue weighted by Crippen LogP contribution is 2.15. The lowest BCUT2D eigenvalue weighted by molar-refractivity contribution is 1.17. The van der Waals surface area contributed by atoms with Crippen LogP contribution in [0.15, 0.2) is 11.3 Å². The summed E-state index contributed by atoms with van der Waals surface area (Å²) in [6, 6.07) is 0. The van der Waals surface area contributed by atoms with E-state index in [4.69, 9.17) is 0 Å². The van der Waals surface area contributed by atoms with Gasteiger partial charge in [-0.3, -0.25) is 0 Å². The van der Waals surface area contributed by atoms with Crippen molar-refractivity contribution >= 4 is 23.7 Å². The number of rotatable bonds is 1. The van der Waals surface area contributed by atoms with E-state index in [1.807, 2.05) is 0 Å². The Bertz CT molecular complexity index is 391. The van der Waals surface area contributed by atoms with Gasteiger partial charge in [0.2, 0.25) is 6.33 Å². The first-order chi connectivity index (χ1) is 5.42. The van der Waals surface area contributed by atoms with Crippen molar-refractivity contribution in [2.24, 2.45) is 4.99 Å². The third-order valence-corrected chi connectivity index (χ3v) is 1.30. The first kappa shape index (κ1) is 5.96. The normalized spacial score (nSPS) is 10.2. The number of imidazole rings is 1. The van der Waals surface area contributed by atoms with Crippen molar-refractivity contribution in [3.8, 4) is 0 Å². The van der Waals surface area contributed by atoms with Crippen molar-refractivity contribution in [1.29, 1.82) is 0 Å². The fourth-order valence-electron chi connectivity index (χ4n) is 0.822. The lowest BCUT2D eigenvalue weighted by Crippen LogP contribution is -1.81. The second-order valence-corrected chi connectivity index (χ2v) is 1.91. The minimum Gasteiger partial charge on any atom is -0.329 e. The largest absolute Gasteiger partial charge is 0.329 e. The number of nitrogens with zero attached hydrogens (tertiary/aromatic N) is 4. The number of hydrogen-bond acceptors (Lipinski definition) is 4. The molecule has 53 valence electrons. The monoisotopic (exact) mass is 146 g/mol. The third-order valence-electron chi connectivity index (χ3n) is 1.30. The molecule has 0 saturated heterocycles. The molecule has 0 aliphatic carbocycles. The highest BCUT2D eigenvalue weighted by atomic mass is 15.0. The van der Waals surface area contributed by atoms with Crippen molar-refractivity contribution < 1.29 is 0 Å². The van der Waals surface area contributed by atoms with Crippen molar-refractivity contribution in [1.82, 2.24) is 19.9 Å². The van der Waals surface area contributed by atoms with Gasteiger partial charge in [-0.2, -0.15) is 0 Å². The molecule has 2 heterocycles. The zero-order valence-electron chi connectivity index (χ0n) is 5.57. The van der Waals surface area contributed by atoms with Crippen LogP contribution in [0.4, 0.5) is 5.82 Å². The minimum absolute atomic E-state index is 0.455. The molecule has 0 unspecified atom stereocenters. The second-order valence-electron chi connectivity index (χ2n) is 1.91. The van der Waals surface area contributed by atoms with Crippen LogP contribution in [0, 0.1) is 6.33 Å². The van der Waals surface area contributed by atoms with E-state index in [1.54, 1.807) is 0 Å². The van der Waals surface area contributed by atoms with Crippen LogP contribution in [-0.4, -0.2) is 26.7 Å². The average molecular weight is 146 g/mol. The number of fused-ring (bicyclic) bond motifs is 1. The van der Waals surface area contributed by atoms with Crippen molar-refractivity contribution in [3.05, 3.63) is 12.7 Å². The number of aromatic nitrogens is 4. The summed E-state index contributed by atoms with van der Waals surface area (Å²) in [5, 5.41) is 0. The van der Waals surface area contributed by atoms with Gasteiger partial charge in [-0.15, -0.1) is 0 Å². The fourth-order valence-corrected chi connectivity index (χ4v) is 0.822. The van der Waals surface area contributed by atoms with Crippen molar-refractivity contribution in [2.45, 2.75) is 0 Å². The summed E-state index contributed by atoms with van der Waals surface area (Å²) in [7, 11) is 0. The summed E-state index contributed by atoms with van der Waals surface area (Å²) < 4.78 is 0. The Balaban J connectivity index is 2.88. The van der Waals surface area contributed by atoms with Gasteiger partial charge in [0, 0.05) is 0 Å². The zero-order chi connectivity index (χ0) is 7.68. The van der Waals surface area contributed by atoms with Gasteiger partial charge in [-0.25, -0.2) is 19.9 Å². The summed E-state index contributed by atoms with van der Waals surface area (Å²) in [4.78, 5) is 18.0. The van der Waals surface area contributed by atoms with Crippen LogP contribution < -0.4 is 0 Å². The Morgan fingerprint density at radius 1 is 1.55 bits per heavy atom. The van der Waals surface area contributed by atoms with Gasteiger partial charge in [0.05, 0.1) is 6.33 Å². The molecule has 0 aliphatic rings. The van der Waals surface area contributed by atoms with Gasteiger partial charge in [0.25, 0.3) is 0 Å². The van der Waals surface area contributed by atoms with Crippen LogP contribution in [-0.2, 0) is 0 Å². The lowest BCUT2D eigenvalue weighted by Gasteiger charge is -1.88. The Morgan fingerprint density at radius 2 is 2.45 bits per heavy atom. The quantitative estimate of drug-likeness (QED) is 0.595. The molecule has 0 aliphatic heterocycles. The molecular weight excluding hydrogens is 142 g/mol. The van der Waals surface area contributed by atoms with E-state index < -0.39 is 0 Å². The summed E-state index contributed by atoms with van der Waals surface area (Å²) >= 11 is 0. The first-order valence-corrected chi connectivity index (χ1v) is 2.95. The maximum absolute atomic E-state index is 3.96. The Labute approximate surface area is 62.2 Å². The molecule has 0 aromatic carbocycles. The van der Waals surface area contributed by atoms with E-state index in [-0.39, 0.29) is 0 Å².